The molecule has 1 N–H and O–H groups in total. The second-order valence-electron chi connectivity index (χ2n) is 8.01. The van der Waals surface area contributed by atoms with E-state index in [0.29, 0.717) is 56.1 Å². The van der Waals surface area contributed by atoms with Crippen molar-refractivity contribution in [2.75, 3.05) is 18.5 Å². The smallest absolute Gasteiger partial charge is 0.282 e. The van der Waals surface area contributed by atoms with Gasteiger partial charge in [0.25, 0.3) is 11.5 Å². The Morgan fingerprint density at radius 1 is 1.16 bits per heavy atom. The van der Waals surface area contributed by atoms with Gasteiger partial charge in [0, 0.05) is 16.6 Å². The van der Waals surface area contributed by atoms with Gasteiger partial charge in [-0.25, -0.2) is 9.37 Å². The van der Waals surface area contributed by atoms with Gasteiger partial charge in [-0.2, -0.15) is 9.78 Å². The van der Waals surface area contributed by atoms with Crippen LogP contribution in [0.3, 0.4) is 0 Å². The number of aryl methyl sites for hydroxylation is 1. The van der Waals surface area contributed by atoms with Crippen LogP contribution in [-0.2, 0) is 11.2 Å². The Morgan fingerprint density at radius 2 is 1.92 bits per heavy atom. The number of nitrogens with zero attached hydrogens (tertiary/aromatic N) is 3. The number of anilines is 1. The van der Waals surface area contributed by atoms with Gasteiger partial charge < -0.3 is 14.8 Å². The molecule has 4 rings (SSSR count). The van der Waals surface area contributed by atoms with Gasteiger partial charge in [0.15, 0.2) is 18.1 Å². The van der Waals surface area contributed by atoms with E-state index >= 15 is 0 Å². The van der Waals surface area contributed by atoms with Crippen LogP contribution in [0.5, 0.6) is 11.5 Å². The van der Waals surface area contributed by atoms with Crippen molar-refractivity contribution in [2.45, 2.75) is 20.3 Å². The first kappa shape index (κ1) is 27.7. The normalized spacial score (nSPS) is 11.2. The maximum absolute atomic E-state index is 13.2. The van der Waals surface area contributed by atoms with Gasteiger partial charge in [-0.05, 0) is 89.7 Å². The minimum atomic E-state index is -0.401. The van der Waals surface area contributed by atoms with Crippen molar-refractivity contribution in [2.24, 2.45) is 5.10 Å². The van der Waals surface area contributed by atoms with Crippen molar-refractivity contribution in [3.8, 4) is 11.5 Å². The zero-order valence-corrected chi connectivity index (χ0v) is 24.2. The van der Waals surface area contributed by atoms with E-state index in [4.69, 9.17) is 9.47 Å². The van der Waals surface area contributed by atoms with Crippen LogP contribution in [0.2, 0.25) is 0 Å². The summed E-state index contributed by atoms with van der Waals surface area (Å²) in [7, 11) is 0. The van der Waals surface area contributed by atoms with Crippen molar-refractivity contribution < 1.29 is 18.7 Å². The summed E-state index contributed by atoms with van der Waals surface area (Å²) < 4.78 is 27.4. The van der Waals surface area contributed by atoms with E-state index in [1.165, 1.54) is 28.9 Å². The topological polar surface area (TPSA) is 94.8 Å². The Bertz CT molecular complexity index is 1570. The quantitative estimate of drug-likeness (QED) is 0.178. The second-order valence-corrected chi connectivity index (χ2v) is 10.1. The van der Waals surface area contributed by atoms with Crippen LogP contribution in [0, 0.1) is 9.39 Å². The van der Waals surface area contributed by atoms with E-state index in [-0.39, 0.29) is 18.0 Å². The molecule has 0 unspecified atom stereocenters. The molecule has 0 saturated carbocycles. The average Bonchev–Trinajstić information content (AvgIpc) is 2.89. The standard InChI is InChI=1S/C27H23BrFIN4O4/c1-3-24-33-22-10-5-17(28)13-20(22)27(36)34(24)31-14-16-11-21(30)26(23(12-16)37-4-2)38-15-25(35)32-19-8-6-18(29)7-9-19/h5-14H,3-4,15H2,1-2H3,(H,32,35). The highest BCUT2D eigenvalue weighted by atomic mass is 127. The monoisotopic (exact) mass is 692 g/mol. The predicted molar refractivity (Wildman–Crippen MR) is 157 cm³/mol. The number of ether oxygens (including phenoxy) is 2. The SMILES string of the molecule is CCOc1cc(C=Nn2c(CC)nc3ccc(Br)cc3c2=O)cc(I)c1OCC(=O)Nc1ccc(F)cc1. The Morgan fingerprint density at radius 3 is 2.63 bits per heavy atom. The number of carbonyl (C=O) groups is 1. The van der Waals surface area contributed by atoms with Crippen LogP contribution in [0.15, 0.2) is 69.0 Å². The molecule has 0 radical (unpaired) electrons. The van der Waals surface area contributed by atoms with Crippen molar-refractivity contribution in [1.82, 2.24) is 9.66 Å². The zero-order valence-electron chi connectivity index (χ0n) is 20.5. The third kappa shape index (κ3) is 6.57. The van der Waals surface area contributed by atoms with Gasteiger partial charge in [0.2, 0.25) is 0 Å². The Hall–Kier alpha value is -3.32. The van der Waals surface area contributed by atoms with Gasteiger partial charge >= 0.3 is 0 Å². The van der Waals surface area contributed by atoms with Gasteiger partial charge in [-0.1, -0.05) is 22.9 Å². The molecular formula is C27H23BrFIN4O4. The summed E-state index contributed by atoms with van der Waals surface area (Å²) in [5, 5.41) is 7.55. The van der Waals surface area contributed by atoms with E-state index in [0.717, 1.165) is 4.47 Å². The lowest BCUT2D eigenvalue weighted by atomic mass is 10.2. The van der Waals surface area contributed by atoms with Gasteiger partial charge in [-0.15, -0.1) is 0 Å². The fourth-order valence-electron chi connectivity index (χ4n) is 3.60. The number of fused-ring (bicyclic) bond motifs is 1. The van der Waals surface area contributed by atoms with Gasteiger partial charge in [0.1, 0.15) is 11.6 Å². The predicted octanol–water partition coefficient (Wildman–Crippen LogP) is 5.76. The first-order valence-electron chi connectivity index (χ1n) is 11.7. The summed E-state index contributed by atoms with van der Waals surface area (Å²) in [5.74, 6) is 0.580. The van der Waals surface area contributed by atoms with E-state index in [1.54, 1.807) is 24.4 Å². The summed E-state index contributed by atoms with van der Waals surface area (Å²) >= 11 is 5.49. The van der Waals surface area contributed by atoms with Crippen LogP contribution < -0.4 is 20.3 Å². The van der Waals surface area contributed by atoms with Gasteiger partial charge in [0.05, 0.1) is 27.3 Å². The highest BCUT2D eigenvalue weighted by molar-refractivity contribution is 14.1. The number of rotatable bonds is 9. The molecule has 1 heterocycles. The van der Waals surface area contributed by atoms with Crippen molar-refractivity contribution in [3.05, 3.63) is 90.2 Å². The lowest BCUT2D eigenvalue weighted by Crippen LogP contribution is -2.22. The van der Waals surface area contributed by atoms with Crippen molar-refractivity contribution >= 4 is 67.2 Å². The number of aromatic nitrogens is 2. The number of nitrogens with one attached hydrogen (secondary N) is 1. The molecule has 0 fully saturated rings. The number of halogens is 3. The number of carbonyl (C=O) groups excluding carboxylic acids is 1. The molecule has 0 bridgehead atoms. The molecule has 0 aliphatic rings. The molecule has 8 nitrogen and oxygen atoms in total. The van der Waals surface area contributed by atoms with Crippen LogP contribution in [0.25, 0.3) is 10.9 Å². The molecule has 196 valence electrons. The summed E-state index contributed by atoms with van der Waals surface area (Å²) in [5.41, 5.74) is 1.48. The van der Waals surface area contributed by atoms with E-state index in [9.17, 15) is 14.0 Å². The lowest BCUT2D eigenvalue weighted by molar-refractivity contribution is -0.118. The molecule has 0 aliphatic carbocycles. The molecule has 1 amide bonds. The highest BCUT2D eigenvalue weighted by Crippen LogP contribution is 2.34. The van der Waals surface area contributed by atoms with E-state index < -0.39 is 5.91 Å². The van der Waals surface area contributed by atoms with Gasteiger partial charge in [-0.3, -0.25) is 9.59 Å². The number of amides is 1. The second kappa shape index (κ2) is 12.5. The summed E-state index contributed by atoms with van der Waals surface area (Å²) in [6.07, 6.45) is 2.08. The van der Waals surface area contributed by atoms with Crippen LogP contribution in [0.4, 0.5) is 10.1 Å². The molecule has 38 heavy (non-hydrogen) atoms. The minimum absolute atomic E-state index is 0.267. The Balaban J connectivity index is 1.58. The number of hydrogen-bond acceptors (Lipinski definition) is 6. The Labute approximate surface area is 240 Å². The Kier molecular flexibility index (Phi) is 9.10. The molecular weight excluding hydrogens is 670 g/mol. The molecule has 0 aliphatic heterocycles. The van der Waals surface area contributed by atoms with Crippen LogP contribution >= 0.6 is 38.5 Å². The maximum Gasteiger partial charge on any atom is 0.282 e. The van der Waals surface area contributed by atoms with E-state index in [2.05, 4.69) is 53.9 Å². The van der Waals surface area contributed by atoms with Crippen molar-refractivity contribution in [3.63, 3.8) is 0 Å². The molecule has 4 aromatic rings. The van der Waals surface area contributed by atoms with Crippen LogP contribution in [0.1, 0.15) is 25.2 Å². The zero-order chi connectivity index (χ0) is 27.2. The third-order valence-corrected chi connectivity index (χ3v) is 6.62. The van der Waals surface area contributed by atoms with E-state index in [1.807, 2.05) is 26.0 Å². The summed E-state index contributed by atoms with van der Waals surface area (Å²) in [4.78, 5) is 30.1. The minimum Gasteiger partial charge on any atom is -0.490 e. The fraction of sp³-hybridized carbons (Fsp3) is 0.185. The number of hydrogen-bond donors (Lipinski definition) is 1. The lowest BCUT2D eigenvalue weighted by Gasteiger charge is -2.15. The molecule has 0 spiro atoms. The first-order valence-corrected chi connectivity index (χ1v) is 13.6. The molecule has 0 atom stereocenters. The van der Waals surface area contributed by atoms with Crippen molar-refractivity contribution in [1.29, 1.82) is 0 Å². The molecule has 1 aromatic heterocycles. The average molecular weight is 693 g/mol. The summed E-state index contributed by atoms with van der Waals surface area (Å²) in [6.45, 7) is 3.85. The largest absolute Gasteiger partial charge is 0.490 e. The fourth-order valence-corrected chi connectivity index (χ4v) is 4.74. The molecule has 3 aromatic carbocycles. The third-order valence-electron chi connectivity index (χ3n) is 5.32. The molecule has 0 saturated heterocycles. The summed E-state index contributed by atoms with van der Waals surface area (Å²) in [6, 6.07) is 14.4. The highest BCUT2D eigenvalue weighted by Gasteiger charge is 2.15. The maximum atomic E-state index is 13.2. The van der Waals surface area contributed by atoms with Crippen LogP contribution in [-0.4, -0.2) is 35.0 Å². The number of benzene rings is 3. The molecule has 11 heteroatoms. The first-order chi connectivity index (χ1) is 18.3.